The zero-order chi connectivity index (χ0) is 21.9. The van der Waals surface area contributed by atoms with E-state index in [0.717, 1.165) is 54.1 Å². The molecule has 2 aromatic carbocycles. The summed E-state index contributed by atoms with van der Waals surface area (Å²) < 4.78 is 1.94. The molecule has 1 saturated heterocycles. The van der Waals surface area contributed by atoms with Crippen molar-refractivity contribution in [2.75, 3.05) is 13.1 Å². The lowest BCUT2D eigenvalue weighted by Gasteiger charge is -2.32. The third-order valence-electron chi connectivity index (χ3n) is 6.19. The topological polar surface area (TPSA) is 51.0 Å². The van der Waals surface area contributed by atoms with Gasteiger partial charge in [0, 0.05) is 35.9 Å². The summed E-state index contributed by atoms with van der Waals surface area (Å²) in [5, 5.41) is 0.750. The smallest absolute Gasteiger partial charge is 0.242 e. The van der Waals surface area contributed by atoms with Crippen molar-refractivity contribution in [1.82, 2.24) is 19.4 Å². The highest BCUT2D eigenvalue weighted by Crippen LogP contribution is 2.26. The number of para-hydroxylation sites is 2. The van der Waals surface area contributed by atoms with Crippen LogP contribution in [0, 0.1) is 0 Å². The molecule has 1 aliphatic rings. The van der Waals surface area contributed by atoms with Gasteiger partial charge in [-0.05, 0) is 60.7 Å². The van der Waals surface area contributed by atoms with E-state index < -0.39 is 0 Å². The van der Waals surface area contributed by atoms with Crippen LogP contribution in [0.25, 0.3) is 11.0 Å². The molecule has 5 nitrogen and oxygen atoms in total. The summed E-state index contributed by atoms with van der Waals surface area (Å²) in [6, 6.07) is 20.1. The summed E-state index contributed by atoms with van der Waals surface area (Å²) in [5.41, 5.74) is 5.36. The molecule has 32 heavy (non-hydrogen) atoms. The van der Waals surface area contributed by atoms with Gasteiger partial charge in [-0.15, -0.1) is 0 Å². The van der Waals surface area contributed by atoms with Crippen LogP contribution in [0.15, 0.2) is 73.2 Å². The Labute approximate surface area is 192 Å². The van der Waals surface area contributed by atoms with E-state index in [1.165, 1.54) is 11.1 Å². The normalized spacial score (nSPS) is 16.4. The second kappa shape index (κ2) is 9.13. The number of hydrogen-bond donors (Lipinski definition) is 0. The molecule has 3 heterocycles. The van der Waals surface area contributed by atoms with Crippen LogP contribution in [-0.2, 0) is 17.8 Å². The molecule has 1 fully saturated rings. The molecule has 1 atom stereocenters. The summed E-state index contributed by atoms with van der Waals surface area (Å²) >= 11 is 5.98. The Bertz CT molecular complexity index is 1220. The number of carbonyl (C=O) groups is 1. The lowest BCUT2D eigenvalue weighted by molar-refractivity contribution is -0.133. The van der Waals surface area contributed by atoms with E-state index in [9.17, 15) is 4.79 Å². The van der Waals surface area contributed by atoms with E-state index in [1.807, 2.05) is 64.2 Å². The molecule has 6 heteroatoms. The fourth-order valence-electron chi connectivity index (χ4n) is 4.45. The Kier molecular flexibility index (Phi) is 5.91. The number of benzene rings is 2. The van der Waals surface area contributed by atoms with Crippen molar-refractivity contribution in [1.29, 1.82) is 0 Å². The number of rotatable bonds is 5. The molecule has 5 rings (SSSR count). The number of nitrogens with zero attached hydrogens (tertiary/aromatic N) is 4. The number of imidazole rings is 1. The van der Waals surface area contributed by atoms with Gasteiger partial charge in [-0.25, -0.2) is 4.98 Å². The first-order valence-electron chi connectivity index (χ1n) is 11.0. The van der Waals surface area contributed by atoms with Crippen molar-refractivity contribution in [3.05, 3.63) is 95.0 Å². The molecule has 1 aliphatic heterocycles. The van der Waals surface area contributed by atoms with Crippen molar-refractivity contribution >= 4 is 28.5 Å². The molecule has 2 aromatic heterocycles. The van der Waals surface area contributed by atoms with E-state index in [-0.39, 0.29) is 11.8 Å². The summed E-state index contributed by atoms with van der Waals surface area (Å²) in [5.74, 6) is 0.411. The molecule has 0 radical (unpaired) electrons. The Balaban J connectivity index is 1.23. The summed E-state index contributed by atoms with van der Waals surface area (Å²) in [4.78, 5) is 24.1. The minimum atomic E-state index is 0.136. The number of pyridine rings is 1. The van der Waals surface area contributed by atoms with Gasteiger partial charge in [-0.1, -0.05) is 41.9 Å². The van der Waals surface area contributed by atoms with Crippen LogP contribution in [0.4, 0.5) is 0 Å². The first-order chi connectivity index (χ1) is 15.7. The number of carbonyl (C=O) groups excluding carboxylic acids is 1. The van der Waals surface area contributed by atoms with Gasteiger partial charge in [0.2, 0.25) is 5.91 Å². The number of piperidine rings is 1. The van der Waals surface area contributed by atoms with Crippen molar-refractivity contribution < 1.29 is 4.79 Å². The van der Waals surface area contributed by atoms with E-state index in [2.05, 4.69) is 17.1 Å². The first kappa shape index (κ1) is 20.7. The highest BCUT2D eigenvalue weighted by Gasteiger charge is 2.26. The molecular weight excluding hydrogens is 420 g/mol. The van der Waals surface area contributed by atoms with E-state index in [4.69, 9.17) is 16.6 Å². The number of aromatic nitrogens is 3. The van der Waals surface area contributed by atoms with Crippen molar-refractivity contribution in [3.8, 4) is 0 Å². The van der Waals surface area contributed by atoms with Gasteiger partial charge in [0.15, 0.2) is 0 Å². The van der Waals surface area contributed by atoms with Gasteiger partial charge in [-0.2, -0.15) is 0 Å². The van der Waals surface area contributed by atoms with Gasteiger partial charge in [0.05, 0.1) is 17.4 Å². The average molecular weight is 445 g/mol. The fraction of sp³-hybridized carbons (Fsp3) is 0.269. The molecule has 0 N–H and O–H groups in total. The highest BCUT2D eigenvalue weighted by atomic mass is 35.5. The Morgan fingerprint density at radius 1 is 1.00 bits per heavy atom. The minimum absolute atomic E-state index is 0.136. The maximum atomic E-state index is 13.0. The van der Waals surface area contributed by atoms with Crippen molar-refractivity contribution in [2.45, 2.75) is 31.7 Å². The minimum Gasteiger partial charge on any atom is -0.340 e. The highest BCUT2D eigenvalue weighted by molar-refractivity contribution is 6.30. The van der Waals surface area contributed by atoms with Crippen LogP contribution >= 0.6 is 11.6 Å². The van der Waals surface area contributed by atoms with Gasteiger partial charge < -0.3 is 9.47 Å². The van der Waals surface area contributed by atoms with Gasteiger partial charge >= 0.3 is 0 Å². The lowest BCUT2D eigenvalue weighted by Crippen LogP contribution is -2.40. The third kappa shape index (κ3) is 4.53. The quantitative estimate of drug-likeness (QED) is 0.431. The van der Waals surface area contributed by atoms with E-state index >= 15 is 0 Å². The van der Waals surface area contributed by atoms with Crippen molar-refractivity contribution in [2.24, 2.45) is 0 Å². The standard InChI is InChI=1S/C26H25ClN4O/c27-22-10-7-19(8-11-22)14-20-9-12-23(28-15-20)21-4-3-13-30(16-21)26(32)17-31-18-29-24-5-1-2-6-25(24)31/h1-2,5-12,15,18,21H,3-4,13-14,16-17H2/t21-/m1/s1. The van der Waals surface area contributed by atoms with E-state index in [1.54, 1.807) is 6.33 Å². The molecule has 0 spiro atoms. The molecule has 1 amide bonds. The predicted molar refractivity (Wildman–Crippen MR) is 127 cm³/mol. The first-order valence-corrected chi connectivity index (χ1v) is 11.4. The van der Waals surface area contributed by atoms with Crippen LogP contribution in [0.1, 0.15) is 35.6 Å². The Morgan fingerprint density at radius 2 is 1.81 bits per heavy atom. The van der Waals surface area contributed by atoms with Crippen LogP contribution < -0.4 is 0 Å². The second-order valence-electron chi connectivity index (χ2n) is 8.43. The largest absolute Gasteiger partial charge is 0.340 e. The zero-order valence-electron chi connectivity index (χ0n) is 17.8. The predicted octanol–water partition coefficient (Wildman–Crippen LogP) is 5.08. The molecule has 0 aliphatic carbocycles. The Hall–Kier alpha value is -3.18. The second-order valence-corrected chi connectivity index (χ2v) is 8.87. The monoisotopic (exact) mass is 444 g/mol. The van der Waals surface area contributed by atoms with Gasteiger partial charge in [0.1, 0.15) is 6.54 Å². The summed E-state index contributed by atoms with van der Waals surface area (Å²) in [6.45, 7) is 1.84. The lowest BCUT2D eigenvalue weighted by atomic mass is 9.93. The molecule has 162 valence electrons. The van der Waals surface area contributed by atoms with Crippen LogP contribution in [0.3, 0.4) is 0 Å². The van der Waals surface area contributed by atoms with Crippen LogP contribution in [0.5, 0.6) is 0 Å². The zero-order valence-corrected chi connectivity index (χ0v) is 18.6. The number of fused-ring (bicyclic) bond motifs is 1. The fourth-order valence-corrected chi connectivity index (χ4v) is 4.57. The number of halogens is 1. The molecule has 0 unspecified atom stereocenters. The molecule has 0 saturated carbocycles. The number of likely N-dealkylation sites (tertiary alicyclic amines) is 1. The van der Waals surface area contributed by atoms with Gasteiger partial charge in [-0.3, -0.25) is 9.78 Å². The SMILES string of the molecule is O=C(Cn1cnc2ccccc21)N1CCC[C@@H](c2ccc(Cc3ccc(Cl)cc3)cn2)C1. The third-order valence-corrected chi connectivity index (χ3v) is 6.45. The van der Waals surface area contributed by atoms with Crippen LogP contribution in [0.2, 0.25) is 5.02 Å². The van der Waals surface area contributed by atoms with Crippen molar-refractivity contribution in [3.63, 3.8) is 0 Å². The molecule has 4 aromatic rings. The maximum absolute atomic E-state index is 13.0. The maximum Gasteiger partial charge on any atom is 0.242 e. The average Bonchev–Trinajstić information content (AvgIpc) is 3.24. The number of hydrogen-bond acceptors (Lipinski definition) is 3. The van der Waals surface area contributed by atoms with Crippen LogP contribution in [-0.4, -0.2) is 38.4 Å². The summed E-state index contributed by atoms with van der Waals surface area (Å²) in [6.07, 6.45) is 6.60. The summed E-state index contributed by atoms with van der Waals surface area (Å²) in [7, 11) is 0. The molecule has 0 bridgehead atoms. The number of amides is 1. The molecular formula is C26H25ClN4O. The Morgan fingerprint density at radius 3 is 2.62 bits per heavy atom. The van der Waals surface area contributed by atoms with E-state index in [0.29, 0.717) is 6.54 Å². The van der Waals surface area contributed by atoms with Gasteiger partial charge in [0.25, 0.3) is 0 Å².